The van der Waals surface area contributed by atoms with E-state index >= 15 is 0 Å². The van der Waals surface area contributed by atoms with Gasteiger partial charge in [-0.1, -0.05) is 36.9 Å². The monoisotopic (exact) mass is 366 g/mol. The zero-order valence-corrected chi connectivity index (χ0v) is 16.2. The van der Waals surface area contributed by atoms with E-state index in [-0.39, 0.29) is 11.2 Å². The van der Waals surface area contributed by atoms with E-state index in [0.29, 0.717) is 11.6 Å². The van der Waals surface area contributed by atoms with Crippen LogP contribution in [-0.2, 0) is 4.79 Å². The molecule has 0 saturated carbocycles. The second-order valence-corrected chi connectivity index (χ2v) is 7.44. The van der Waals surface area contributed by atoms with Gasteiger partial charge in [-0.3, -0.25) is 9.78 Å². The number of carbonyl (C=O) groups excluding carboxylic acids is 1. The van der Waals surface area contributed by atoms with Crippen molar-refractivity contribution in [3.63, 3.8) is 0 Å². The lowest BCUT2D eigenvalue weighted by Gasteiger charge is -2.16. The van der Waals surface area contributed by atoms with Gasteiger partial charge in [0.15, 0.2) is 5.16 Å². The van der Waals surface area contributed by atoms with Crippen LogP contribution < -0.4 is 5.32 Å². The van der Waals surface area contributed by atoms with E-state index < -0.39 is 0 Å². The molecule has 0 spiro atoms. The van der Waals surface area contributed by atoms with Gasteiger partial charge in [-0.2, -0.15) is 0 Å². The van der Waals surface area contributed by atoms with Crippen molar-refractivity contribution in [1.82, 2.24) is 15.0 Å². The molecule has 134 valence electrons. The molecule has 1 N–H and O–H groups in total. The molecule has 0 radical (unpaired) electrons. The lowest BCUT2D eigenvalue weighted by molar-refractivity contribution is -0.115. The van der Waals surface area contributed by atoms with Crippen LogP contribution in [0.3, 0.4) is 0 Å². The number of aromatic nitrogens is 3. The van der Waals surface area contributed by atoms with Gasteiger partial charge in [-0.25, -0.2) is 9.97 Å². The zero-order valence-electron chi connectivity index (χ0n) is 15.4. The SMILES string of the molecule is CCC(Sc1nc(C)cc(C)n1)C(=O)Nc1cc(C)nc2ccccc12. The summed E-state index contributed by atoms with van der Waals surface area (Å²) in [5.41, 5.74) is 4.36. The Labute approximate surface area is 157 Å². The molecular formula is C20H22N4OS. The van der Waals surface area contributed by atoms with Crippen molar-refractivity contribution in [3.8, 4) is 0 Å². The number of rotatable bonds is 5. The first-order valence-electron chi connectivity index (χ1n) is 8.62. The standard InChI is InChI=1S/C20H22N4OS/c1-5-18(26-20-22-12(2)10-13(3)23-20)19(25)24-17-11-14(4)21-16-9-7-6-8-15(16)17/h6-11,18H,5H2,1-4H3,(H,21,24,25). The van der Waals surface area contributed by atoms with Crippen LogP contribution in [0.2, 0.25) is 0 Å². The minimum absolute atomic E-state index is 0.0454. The molecule has 1 amide bonds. The fourth-order valence-corrected chi connectivity index (χ4v) is 3.80. The number of nitrogens with zero attached hydrogens (tertiary/aromatic N) is 3. The Morgan fingerprint density at radius 2 is 1.69 bits per heavy atom. The molecular weight excluding hydrogens is 344 g/mol. The Balaban J connectivity index is 1.84. The molecule has 26 heavy (non-hydrogen) atoms. The number of aryl methyl sites for hydroxylation is 3. The number of fused-ring (bicyclic) bond motifs is 1. The number of thioether (sulfide) groups is 1. The molecule has 0 aliphatic heterocycles. The van der Waals surface area contributed by atoms with E-state index in [4.69, 9.17) is 0 Å². The number of anilines is 1. The van der Waals surface area contributed by atoms with Crippen molar-refractivity contribution < 1.29 is 4.79 Å². The minimum atomic E-state index is -0.261. The second kappa shape index (κ2) is 7.83. The van der Waals surface area contributed by atoms with Crippen molar-refractivity contribution in [2.24, 2.45) is 0 Å². The molecule has 0 saturated heterocycles. The summed E-state index contributed by atoms with van der Waals surface area (Å²) in [5, 5.41) is 4.39. The molecule has 2 heterocycles. The summed E-state index contributed by atoms with van der Waals surface area (Å²) in [5.74, 6) is -0.0454. The Kier molecular flexibility index (Phi) is 5.52. The lowest BCUT2D eigenvalue weighted by atomic mass is 10.1. The molecule has 1 atom stereocenters. The summed E-state index contributed by atoms with van der Waals surface area (Å²) in [4.78, 5) is 26.3. The molecule has 0 aliphatic carbocycles. The predicted molar refractivity (Wildman–Crippen MR) is 107 cm³/mol. The summed E-state index contributed by atoms with van der Waals surface area (Å²) in [6.07, 6.45) is 0.689. The molecule has 3 rings (SSSR count). The molecule has 2 aromatic heterocycles. The number of hydrogen-bond acceptors (Lipinski definition) is 5. The van der Waals surface area contributed by atoms with Gasteiger partial charge < -0.3 is 5.32 Å². The number of benzene rings is 1. The van der Waals surface area contributed by atoms with Gasteiger partial charge in [0.05, 0.1) is 16.5 Å². The van der Waals surface area contributed by atoms with Gasteiger partial charge in [-0.15, -0.1) is 0 Å². The average Bonchev–Trinajstić information content (AvgIpc) is 2.58. The van der Waals surface area contributed by atoms with Crippen LogP contribution in [0.5, 0.6) is 0 Å². The molecule has 1 aromatic carbocycles. The largest absolute Gasteiger partial charge is 0.324 e. The Morgan fingerprint density at radius 3 is 2.38 bits per heavy atom. The van der Waals surface area contributed by atoms with E-state index in [0.717, 1.165) is 33.7 Å². The van der Waals surface area contributed by atoms with Crippen LogP contribution in [0.1, 0.15) is 30.4 Å². The summed E-state index contributed by atoms with van der Waals surface area (Å²) in [6.45, 7) is 7.80. The fraction of sp³-hybridized carbons (Fsp3) is 0.300. The van der Waals surface area contributed by atoms with Crippen LogP contribution >= 0.6 is 11.8 Å². The van der Waals surface area contributed by atoms with E-state index in [1.165, 1.54) is 11.8 Å². The number of hydrogen-bond donors (Lipinski definition) is 1. The summed E-state index contributed by atoms with van der Waals surface area (Å²) in [6, 6.07) is 11.7. The average molecular weight is 366 g/mol. The maximum absolute atomic E-state index is 12.9. The van der Waals surface area contributed by atoms with Crippen LogP contribution in [0.25, 0.3) is 10.9 Å². The Morgan fingerprint density at radius 1 is 1.04 bits per heavy atom. The lowest BCUT2D eigenvalue weighted by Crippen LogP contribution is -2.25. The highest BCUT2D eigenvalue weighted by Crippen LogP contribution is 2.27. The van der Waals surface area contributed by atoms with E-state index in [2.05, 4.69) is 20.3 Å². The smallest absolute Gasteiger partial charge is 0.237 e. The number of amides is 1. The first kappa shape index (κ1) is 18.3. The topological polar surface area (TPSA) is 67.8 Å². The number of nitrogens with one attached hydrogen (secondary N) is 1. The normalized spacial score (nSPS) is 12.2. The van der Waals surface area contributed by atoms with Crippen molar-refractivity contribution in [2.45, 2.75) is 44.5 Å². The van der Waals surface area contributed by atoms with Crippen molar-refractivity contribution in [2.75, 3.05) is 5.32 Å². The number of pyridine rings is 1. The number of carbonyl (C=O) groups is 1. The first-order chi connectivity index (χ1) is 12.5. The Hall–Kier alpha value is -2.47. The molecule has 1 unspecified atom stereocenters. The zero-order chi connectivity index (χ0) is 18.7. The summed E-state index contributed by atoms with van der Waals surface area (Å²) in [7, 11) is 0. The van der Waals surface area contributed by atoms with Gasteiger partial charge in [-0.05, 0) is 45.4 Å². The third-order valence-corrected chi connectivity index (χ3v) is 5.20. The van der Waals surface area contributed by atoms with Gasteiger partial charge in [0.1, 0.15) is 0 Å². The highest BCUT2D eigenvalue weighted by Gasteiger charge is 2.20. The van der Waals surface area contributed by atoms with E-state index in [1.54, 1.807) is 0 Å². The minimum Gasteiger partial charge on any atom is -0.324 e. The first-order valence-corrected chi connectivity index (χ1v) is 9.50. The van der Waals surface area contributed by atoms with Crippen LogP contribution in [0, 0.1) is 20.8 Å². The molecule has 6 heteroatoms. The van der Waals surface area contributed by atoms with Gasteiger partial charge in [0.25, 0.3) is 0 Å². The number of para-hydroxylation sites is 1. The molecule has 3 aromatic rings. The van der Waals surface area contributed by atoms with E-state index in [1.807, 2.05) is 64.1 Å². The molecule has 0 fully saturated rings. The van der Waals surface area contributed by atoms with Crippen molar-refractivity contribution >= 4 is 34.3 Å². The second-order valence-electron chi connectivity index (χ2n) is 6.27. The third-order valence-electron chi connectivity index (χ3n) is 3.97. The van der Waals surface area contributed by atoms with Crippen LogP contribution in [-0.4, -0.2) is 26.1 Å². The summed E-state index contributed by atoms with van der Waals surface area (Å²) < 4.78 is 0. The van der Waals surface area contributed by atoms with E-state index in [9.17, 15) is 4.79 Å². The van der Waals surface area contributed by atoms with Crippen LogP contribution in [0.15, 0.2) is 41.6 Å². The van der Waals surface area contributed by atoms with Gasteiger partial charge in [0, 0.05) is 22.5 Å². The molecule has 0 aliphatic rings. The molecule has 0 bridgehead atoms. The summed E-state index contributed by atoms with van der Waals surface area (Å²) >= 11 is 1.40. The van der Waals surface area contributed by atoms with Gasteiger partial charge >= 0.3 is 0 Å². The fourth-order valence-electron chi connectivity index (χ4n) is 2.82. The Bertz CT molecular complexity index is 937. The molecule has 5 nitrogen and oxygen atoms in total. The maximum atomic E-state index is 12.9. The highest BCUT2D eigenvalue weighted by atomic mass is 32.2. The highest BCUT2D eigenvalue weighted by molar-refractivity contribution is 8.00. The van der Waals surface area contributed by atoms with Crippen molar-refractivity contribution in [3.05, 3.63) is 53.5 Å². The van der Waals surface area contributed by atoms with Crippen LogP contribution in [0.4, 0.5) is 5.69 Å². The third kappa shape index (κ3) is 4.19. The maximum Gasteiger partial charge on any atom is 0.237 e. The van der Waals surface area contributed by atoms with Gasteiger partial charge in [0.2, 0.25) is 5.91 Å². The predicted octanol–water partition coefficient (Wildman–Crippen LogP) is 4.46. The quantitative estimate of drug-likeness (QED) is 0.533. The van der Waals surface area contributed by atoms with Crippen molar-refractivity contribution in [1.29, 1.82) is 0 Å².